The third-order valence-electron chi connectivity index (χ3n) is 5.15. The lowest BCUT2D eigenvalue weighted by atomic mass is 9.91. The molecule has 0 radical (unpaired) electrons. The number of halogens is 2. The summed E-state index contributed by atoms with van der Waals surface area (Å²) >= 11 is 7.66. The van der Waals surface area contributed by atoms with E-state index in [0.29, 0.717) is 51.3 Å². The minimum absolute atomic E-state index is 0.235. The molecule has 1 spiro atoms. The number of hydrogen-bond donors (Lipinski definition) is 1. The summed E-state index contributed by atoms with van der Waals surface area (Å²) < 4.78 is 25.3. The Kier molecular flexibility index (Phi) is 3.77. The number of thiophene rings is 1. The maximum Gasteiger partial charge on any atom is 0.407 e. The van der Waals surface area contributed by atoms with E-state index in [1.807, 2.05) is 0 Å². The Bertz CT molecular complexity index is 968. The third-order valence-corrected chi connectivity index (χ3v) is 6.76. The number of alkyl carbamates (subject to hydrolysis) is 1. The van der Waals surface area contributed by atoms with Gasteiger partial charge in [0, 0.05) is 23.9 Å². The van der Waals surface area contributed by atoms with Crippen LogP contribution in [0.4, 0.5) is 9.18 Å². The van der Waals surface area contributed by atoms with Crippen molar-refractivity contribution in [1.82, 2.24) is 10.2 Å². The molecule has 3 heterocycles. The molecule has 2 aromatic rings. The van der Waals surface area contributed by atoms with Crippen LogP contribution in [0.1, 0.15) is 22.5 Å². The molecule has 142 valence electrons. The molecule has 1 N–H and O–H groups in total. The summed E-state index contributed by atoms with van der Waals surface area (Å²) in [6, 6.07) is 2.69. The van der Waals surface area contributed by atoms with Gasteiger partial charge in [-0.1, -0.05) is 11.6 Å². The maximum absolute atomic E-state index is 14.0. The number of nitrogens with one attached hydrogen (secondary N) is 1. The number of cyclic esters (lactones) is 1. The quantitative estimate of drug-likeness (QED) is 0.838. The van der Waals surface area contributed by atoms with Crippen molar-refractivity contribution >= 4 is 45.0 Å². The first kappa shape index (κ1) is 17.1. The van der Waals surface area contributed by atoms with Gasteiger partial charge in [-0.15, -0.1) is 11.3 Å². The molecule has 5 rings (SSSR count). The van der Waals surface area contributed by atoms with E-state index in [1.54, 1.807) is 4.90 Å². The SMILES string of the molecule is O=C1NC2(CO1)CN(C(=O)c1sc3cc(F)cc(OCC4CC4)c3c1Cl)C2. The zero-order valence-electron chi connectivity index (χ0n) is 14.2. The largest absolute Gasteiger partial charge is 0.492 e. The number of rotatable bonds is 4. The molecule has 6 nitrogen and oxygen atoms in total. The molecule has 1 saturated carbocycles. The van der Waals surface area contributed by atoms with Crippen LogP contribution in [0, 0.1) is 11.7 Å². The van der Waals surface area contributed by atoms with Gasteiger partial charge in [0.1, 0.15) is 28.6 Å². The van der Waals surface area contributed by atoms with E-state index in [-0.39, 0.29) is 12.5 Å². The van der Waals surface area contributed by atoms with Crippen molar-refractivity contribution in [2.75, 3.05) is 26.3 Å². The lowest BCUT2D eigenvalue weighted by molar-refractivity contribution is 0.0322. The second-order valence-electron chi connectivity index (χ2n) is 7.42. The van der Waals surface area contributed by atoms with Gasteiger partial charge in [0.2, 0.25) is 0 Å². The fourth-order valence-electron chi connectivity index (χ4n) is 3.50. The second-order valence-corrected chi connectivity index (χ2v) is 8.85. The first-order valence-corrected chi connectivity index (χ1v) is 9.92. The van der Waals surface area contributed by atoms with Crippen LogP contribution in [0.5, 0.6) is 5.75 Å². The van der Waals surface area contributed by atoms with Crippen molar-refractivity contribution in [3.05, 3.63) is 27.8 Å². The Labute approximate surface area is 163 Å². The van der Waals surface area contributed by atoms with Gasteiger partial charge in [-0.3, -0.25) is 4.79 Å². The number of amides is 2. The fraction of sp³-hybridized carbons (Fsp3) is 0.444. The molecule has 1 aliphatic carbocycles. The molecule has 2 amide bonds. The van der Waals surface area contributed by atoms with Crippen molar-refractivity contribution in [1.29, 1.82) is 0 Å². The molecule has 9 heteroatoms. The van der Waals surface area contributed by atoms with Crippen LogP contribution in [0.3, 0.4) is 0 Å². The lowest BCUT2D eigenvalue weighted by Crippen LogP contribution is -2.69. The predicted molar refractivity (Wildman–Crippen MR) is 98.1 cm³/mol. The van der Waals surface area contributed by atoms with Gasteiger partial charge in [-0.05, 0) is 24.8 Å². The molecule has 3 fully saturated rings. The molecular formula is C18H16ClFN2O4S. The number of hydrogen-bond acceptors (Lipinski definition) is 5. The van der Waals surface area contributed by atoms with Crippen LogP contribution in [0.15, 0.2) is 12.1 Å². The van der Waals surface area contributed by atoms with Crippen molar-refractivity contribution in [2.45, 2.75) is 18.4 Å². The highest BCUT2D eigenvalue weighted by Gasteiger charge is 2.51. The first-order chi connectivity index (χ1) is 12.9. The van der Waals surface area contributed by atoms with Gasteiger partial charge < -0.3 is 19.7 Å². The zero-order valence-corrected chi connectivity index (χ0v) is 15.8. The third kappa shape index (κ3) is 2.91. The van der Waals surface area contributed by atoms with Crippen LogP contribution >= 0.6 is 22.9 Å². The average molecular weight is 411 g/mol. The number of ether oxygens (including phenoxy) is 2. The number of benzene rings is 1. The van der Waals surface area contributed by atoms with E-state index in [2.05, 4.69) is 5.32 Å². The van der Waals surface area contributed by atoms with Crippen LogP contribution < -0.4 is 10.1 Å². The van der Waals surface area contributed by atoms with E-state index in [4.69, 9.17) is 21.1 Å². The molecular weight excluding hydrogens is 395 g/mol. The molecule has 1 aromatic heterocycles. The minimum atomic E-state index is -0.499. The van der Waals surface area contributed by atoms with Gasteiger partial charge in [0.25, 0.3) is 5.91 Å². The summed E-state index contributed by atoms with van der Waals surface area (Å²) in [5.41, 5.74) is -0.499. The summed E-state index contributed by atoms with van der Waals surface area (Å²) in [6.07, 6.45) is 1.78. The van der Waals surface area contributed by atoms with Crippen molar-refractivity contribution in [2.24, 2.45) is 5.92 Å². The number of carbonyl (C=O) groups is 2. The Morgan fingerprint density at radius 3 is 2.89 bits per heavy atom. The molecule has 2 aliphatic heterocycles. The van der Waals surface area contributed by atoms with E-state index in [0.717, 1.165) is 24.2 Å². The first-order valence-electron chi connectivity index (χ1n) is 8.73. The van der Waals surface area contributed by atoms with E-state index < -0.39 is 17.4 Å². The number of fused-ring (bicyclic) bond motifs is 1. The zero-order chi connectivity index (χ0) is 18.8. The van der Waals surface area contributed by atoms with Crippen LogP contribution in [0.25, 0.3) is 10.1 Å². The molecule has 3 aliphatic rings. The van der Waals surface area contributed by atoms with E-state index >= 15 is 0 Å². The van der Waals surface area contributed by atoms with Gasteiger partial charge in [0.15, 0.2) is 0 Å². The van der Waals surface area contributed by atoms with E-state index in [9.17, 15) is 14.0 Å². The summed E-state index contributed by atoms with van der Waals surface area (Å²) in [4.78, 5) is 26.1. The Morgan fingerprint density at radius 2 is 2.22 bits per heavy atom. The number of carbonyl (C=O) groups excluding carboxylic acids is 2. The molecule has 0 bridgehead atoms. The second kappa shape index (κ2) is 5.97. The van der Waals surface area contributed by atoms with Crippen molar-refractivity contribution < 1.29 is 23.5 Å². The minimum Gasteiger partial charge on any atom is -0.492 e. The highest BCUT2D eigenvalue weighted by Crippen LogP contribution is 2.43. The van der Waals surface area contributed by atoms with Gasteiger partial charge in [-0.2, -0.15) is 0 Å². The standard InChI is InChI=1S/C18H16ClFN2O4S/c19-14-13-11(25-5-9-1-2-9)3-10(20)4-12(13)27-15(14)16(23)22-6-18(7-22)8-26-17(24)21-18/h3-4,9H,1-2,5-8H2,(H,21,24). The predicted octanol–water partition coefficient (Wildman–Crippen LogP) is 3.42. The Hall–Kier alpha value is -2.06. The molecule has 2 saturated heterocycles. The summed E-state index contributed by atoms with van der Waals surface area (Å²) in [7, 11) is 0. The summed E-state index contributed by atoms with van der Waals surface area (Å²) in [5, 5.41) is 3.61. The number of likely N-dealkylation sites (tertiary alicyclic amines) is 1. The van der Waals surface area contributed by atoms with Crippen LogP contribution in [0.2, 0.25) is 5.02 Å². The Morgan fingerprint density at radius 1 is 1.44 bits per heavy atom. The lowest BCUT2D eigenvalue weighted by Gasteiger charge is -2.45. The smallest absolute Gasteiger partial charge is 0.407 e. The van der Waals surface area contributed by atoms with E-state index in [1.165, 1.54) is 12.1 Å². The van der Waals surface area contributed by atoms with Gasteiger partial charge in [0.05, 0.1) is 17.0 Å². The molecule has 0 unspecified atom stereocenters. The van der Waals surface area contributed by atoms with Crippen LogP contribution in [-0.2, 0) is 4.74 Å². The van der Waals surface area contributed by atoms with Gasteiger partial charge in [-0.25, -0.2) is 9.18 Å². The molecule has 1 aromatic carbocycles. The van der Waals surface area contributed by atoms with Crippen molar-refractivity contribution in [3.8, 4) is 5.75 Å². The maximum atomic E-state index is 14.0. The summed E-state index contributed by atoms with van der Waals surface area (Å²) in [5.74, 6) is 0.247. The van der Waals surface area contributed by atoms with Gasteiger partial charge >= 0.3 is 6.09 Å². The average Bonchev–Trinajstić information content (AvgIpc) is 3.26. The van der Waals surface area contributed by atoms with Crippen LogP contribution in [-0.4, -0.2) is 48.7 Å². The highest BCUT2D eigenvalue weighted by molar-refractivity contribution is 7.21. The van der Waals surface area contributed by atoms with Crippen molar-refractivity contribution in [3.63, 3.8) is 0 Å². The molecule has 27 heavy (non-hydrogen) atoms. The topological polar surface area (TPSA) is 67.9 Å². The summed E-state index contributed by atoms with van der Waals surface area (Å²) in [6.45, 7) is 1.51. The monoisotopic (exact) mass is 410 g/mol. The molecule has 0 atom stereocenters. The highest BCUT2D eigenvalue weighted by atomic mass is 35.5. The Balaban J connectivity index is 1.41. The normalized spacial score (nSPS) is 20.5. The number of nitrogens with zero attached hydrogens (tertiary/aromatic N) is 1. The fourth-order valence-corrected chi connectivity index (χ4v) is 5.05.